The molecule has 3 heteroatoms. The zero-order chi connectivity index (χ0) is 7.07. The maximum absolute atomic E-state index is 10.8. The van der Waals surface area contributed by atoms with Gasteiger partial charge in [0.1, 0.15) is 6.04 Å². The molecule has 0 radical (unpaired) electrons. The predicted octanol–water partition coefficient (Wildman–Crippen LogP) is 0.0390. The maximum Gasteiger partial charge on any atom is 0.195 e. The minimum absolute atomic E-state index is 0.0804. The van der Waals surface area contributed by atoms with Gasteiger partial charge in [-0.2, -0.15) is 0 Å². The molecule has 52 valence electrons. The molecule has 0 spiro atoms. The molecule has 0 aromatic heterocycles. The van der Waals surface area contributed by atoms with E-state index in [1.54, 1.807) is 0 Å². The summed E-state index contributed by atoms with van der Waals surface area (Å²) in [6.07, 6.45) is 0.650. The lowest BCUT2D eigenvalue weighted by Crippen LogP contribution is -2.66. The van der Waals surface area contributed by atoms with Gasteiger partial charge in [-0.05, 0) is 13.8 Å². The van der Waals surface area contributed by atoms with Crippen LogP contribution in [0.1, 0.15) is 20.3 Å². The van der Waals surface area contributed by atoms with Crippen LogP contribution in [0.25, 0.3) is 0 Å². The Labute approximate surface area is 59.2 Å². The Morgan fingerprint density at radius 1 is 1.78 bits per heavy atom. The van der Waals surface area contributed by atoms with E-state index < -0.39 is 0 Å². The lowest BCUT2D eigenvalue weighted by atomic mass is 10.0. The third-order valence-corrected chi connectivity index (χ3v) is 3.03. The van der Waals surface area contributed by atoms with E-state index in [9.17, 15) is 4.79 Å². The normalized spacial score (nSPS) is 33.2. The average Bonchev–Trinajstić information content (AvgIpc) is 1.79. The summed E-state index contributed by atoms with van der Waals surface area (Å²) >= 11 is 1.43. The third-order valence-electron chi connectivity index (χ3n) is 1.77. The minimum Gasteiger partial charge on any atom is -0.354 e. The Balaban J connectivity index is 2.69. The van der Waals surface area contributed by atoms with E-state index in [1.165, 1.54) is 11.8 Å². The summed E-state index contributed by atoms with van der Waals surface area (Å²) in [6, 6.07) is 0.301. The summed E-state index contributed by atoms with van der Waals surface area (Å²) in [7, 11) is 0. The van der Waals surface area contributed by atoms with Crippen molar-refractivity contribution in [3.63, 3.8) is 0 Å². The summed E-state index contributed by atoms with van der Waals surface area (Å²) in [5, 5.41) is 0.292. The van der Waals surface area contributed by atoms with E-state index in [4.69, 9.17) is 0 Å². The minimum atomic E-state index is 0.0804. The van der Waals surface area contributed by atoms with E-state index in [1.807, 2.05) is 0 Å². The number of hydrogen-bond acceptors (Lipinski definition) is 2. The molecule has 2 nitrogen and oxygen atoms in total. The summed E-state index contributed by atoms with van der Waals surface area (Å²) in [6.45, 7) is 4.14. The molecule has 1 atom stereocenters. The number of thioether (sulfide) groups is 1. The SMILES string of the molecule is CC1(C)SC(=O)CC1[NH3+]. The van der Waals surface area contributed by atoms with Crippen LogP contribution >= 0.6 is 11.8 Å². The van der Waals surface area contributed by atoms with Gasteiger partial charge >= 0.3 is 0 Å². The van der Waals surface area contributed by atoms with Gasteiger partial charge in [0.25, 0.3) is 0 Å². The molecule has 0 aromatic rings. The van der Waals surface area contributed by atoms with Crippen LogP contribution in [0, 0.1) is 0 Å². The fraction of sp³-hybridized carbons (Fsp3) is 0.833. The molecule has 0 amide bonds. The van der Waals surface area contributed by atoms with Crippen molar-refractivity contribution in [2.75, 3.05) is 0 Å². The first-order valence-corrected chi connectivity index (χ1v) is 3.89. The molecule has 1 rings (SSSR count). The van der Waals surface area contributed by atoms with E-state index in [2.05, 4.69) is 19.6 Å². The highest BCUT2D eigenvalue weighted by Crippen LogP contribution is 2.36. The number of rotatable bonds is 0. The smallest absolute Gasteiger partial charge is 0.195 e. The molecular weight excluding hydrogens is 134 g/mol. The fourth-order valence-corrected chi connectivity index (χ4v) is 1.99. The number of quaternary nitrogens is 1. The monoisotopic (exact) mass is 146 g/mol. The van der Waals surface area contributed by atoms with Gasteiger partial charge in [0.15, 0.2) is 5.12 Å². The summed E-state index contributed by atoms with van der Waals surface area (Å²) in [5.74, 6) is 0. The standard InChI is InChI=1S/C6H11NOS/c1-6(2)4(7)3-5(8)9-6/h4H,3,7H2,1-2H3/p+1. The van der Waals surface area contributed by atoms with Gasteiger partial charge in [-0.25, -0.2) is 0 Å². The van der Waals surface area contributed by atoms with Crippen LogP contribution in [0.15, 0.2) is 0 Å². The quantitative estimate of drug-likeness (QED) is 0.524. The van der Waals surface area contributed by atoms with Crippen LogP contribution in [0.3, 0.4) is 0 Å². The largest absolute Gasteiger partial charge is 0.354 e. The van der Waals surface area contributed by atoms with Gasteiger partial charge in [0.05, 0.1) is 11.2 Å². The maximum atomic E-state index is 10.8. The first-order valence-electron chi connectivity index (χ1n) is 3.07. The number of carbonyl (C=O) groups is 1. The molecule has 1 fully saturated rings. The average molecular weight is 146 g/mol. The molecule has 0 aliphatic carbocycles. The first kappa shape index (κ1) is 7.09. The predicted molar refractivity (Wildman–Crippen MR) is 38.0 cm³/mol. The second kappa shape index (κ2) is 1.99. The fourth-order valence-electron chi connectivity index (χ4n) is 0.865. The van der Waals surface area contributed by atoms with Crippen molar-refractivity contribution < 1.29 is 10.5 Å². The molecule has 1 saturated heterocycles. The van der Waals surface area contributed by atoms with Crippen LogP contribution in [-0.4, -0.2) is 15.9 Å². The highest BCUT2D eigenvalue weighted by molar-refractivity contribution is 8.15. The molecule has 1 unspecified atom stereocenters. The van der Waals surface area contributed by atoms with Crippen LogP contribution in [0.2, 0.25) is 0 Å². The number of hydrogen-bond donors (Lipinski definition) is 1. The third kappa shape index (κ3) is 1.27. The van der Waals surface area contributed by atoms with E-state index in [0.29, 0.717) is 17.6 Å². The molecule has 1 aliphatic rings. The van der Waals surface area contributed by atoms with Crippen molar-refractivity contribution in [2.24, 2.45) is 0 Å². The molecule has 3 N–H and O–H groups in total. The topological polar surface area (TPSA) is 44.7 Å². The van der Waals surface area contributed by atoms with Crippen LogP contribution in [0.5, 0.6) is 0 Å². The van der Waals surface area contributed by atoms with Crippen molar-refractivity contribution in [3.05, 3.63) is 0 Å². The molecule has 9 heavy (non-hydrogen) atoms. The summed E-state index contributed by atoms with van der Waals surface area (Å²) in [4.78, 5) is 10.8. The molecule has 1 heterocycles. The van der Waals surface area contributed by atoms with Crippen molar-refractivity contribution >= 4 is 16.9 Å². The van der Waals surface area contributed by atoms with E-state index in [-0.39, 0.29) is 4.75 Å². The van der Waals surface area contributed by atoms with Crippen molar-refractivity contribution in [1.82, 2.24) is 0 Å². The Bertz CT molecular complexity index is 144. The summed E-state index contributed by atoms with van der Waals surface area (Å²) < 4.78 is 0.0804. The summed E-state index contributed by atoms with van der Waals surface area (Å²) in [5.41, 5.74) is 3.90. The van der Waals surface area contributed by atoms with Gasteiger partial charge in [0, 0.05) is 0 Å². The molecule has 0 bridgehead atoms. The second-order valence-corrected chi connectivity index (χ2v) is 4.69. The highest BCUT2D eigenvalue weighted by atomic mass is 32.2. The van der Waals surface area contributed by atoms with Crippen molar-refractivity contribution in [2.45, 2.75) is 31.1 Å². The van der Waals surface area contributed by atoms with Crippen LogP contribution in [0.4, 0.5) is 0 Å². The highest BCUT2D eigenvalue weighted by Gasteiger charge is 2.41. The van der Waals surface area contributed by atoms with Crippen molar-refractivity contribution in [3.8, 4) is 0 Å². The number of carbonyl (C=O) groups excluding carboxylic acids is 1. The lowest BCUT2D eigenvalue weighted by molar-refractivity contribution is -0.423. The molecule has 0 aromatic carbocycles. The first-order chi connectivity index (χ1) is 4.02. The molecule has 1 aliphatic heterocycles. The van der Waals surface area contributed by atoms with Gasteiger partial charge in [0.2, 0.25) is 0 Å². The van der Waals surface area contributed by atoms with Gasteiger partial charge in [-0.3, -0.25) is 4.79 Å². The van der Waals surface area contributed by atoms with Gasteiger partial charge in [-0.1, -0.05) is 11.8 Å². The Morgan fingerprint density at radius 2 is 2.33 bits per heavy atom. The Kier molecular flexibility index (Phi) is 1.57. The van der Waals surface area contributed by atoms with Crippen molar-refractivity contribution in [1.29, 1.82) is 0 Å². The lowest BCUT2D eigenvalue weighted by Gasteiger charge is -2.16. The van der Waals surface area contributed by atoms with E-state index in [0.717, 1.165) is 0 Å². The molecule has 0 saturated carbocycles. The van der Waals surface area contributed by atoms with E-state index >= 15 is 0 Å². The van der Waals surface area contributed by atoms with Crippen LogP contribution < -0.4 is 5.73 Å². The second-order valence-electron chi connectivity index (χ2n) is 2.98. The van der Waals surface area contributed by atoms with Crippen LogP contribution in [-0.2, 0) is 4.79 Å². The zero-order valence-corrected chi connectivity index (χ0v) is 6.62. The van der Waals surface area contributed by atoms with Gasteiger partial charge in [-0.15, -0.1) is 0 Å². The zero-order valence-electron chi connectivity index (χ0n) is 5.81. The Hall–Kier alpha value is -0.0200. The van der Waals surface area contributed by atoms with Gasteiger partial charge < -0.3 is 5.73 Å². The molecular formula is C6H12NOS+. The Morgan fingerprint density at radius 3 is 2.44 bits per heavy atom.